The van der Waals surface area contributed by atoms with Crippen molar-refractivity contribution in [1.29, 1.82) is 0 Å². The molecule has 0 radical (unpaired) electrons. The van der Waals surface area contributed by atoms with E-state index in [0.29, 0.717) is 23.4 Å². The third-order valence-corrected chi connectivity index (χ3v) is 5.75. The molecule has 1 aliphatic heterocycles. The molecule has 35 heavy (non-hydrogen) atoms. The second-order valence-corrected chi connectivity index (χ2v) is 8.15. The highest BCUT2D eigenvalue weighted by atomic mass is 19.1. The van der Waals surface area contributed by atoms with Crippen molar-refractivity contribution < 1.29 is 14.0 Å². The molecule has 0 bridgehead atoms. The number of carbonyl (C=O) groups excluding carboxylic acids is 2. The summed E-state index contributed by atoms with van der Waals surface area (Å²) in [5.74, 6) is -0.962. The summed E-state index contributed by atoms with van der Waals surface area (Å²) in [5, 5.41) is 5.72. The Hall–Kier alpha value is -4.72. The Morgan fingerprint density at radius 2 is 1.46 bits per heavy atom. The average molecular weight is 468 g/mol. The zero-order chi connectivity index (χ0) is 24.4. The van der Waals surface area contributed by atoms with E-state index in [0.717, 1.165) is 10.5 Å². The lowest BCUT2D eigenvalue weighted by molar-refractivity contribution is -0.123. The molecule has 2 heterocycles. The topological polar surface area (TPSA) is 87.2 Å². The number of hydrogen-bond donors (Lipinski definition) is 2. The van der Waals surface area contributed by atoms with Crippen LogP contribution in [0.2, 0.25) is 0 Å². The number of benzene rings is 3. The van der Waals surface area contributed by atoms with Gasteiger partial charge in [-0.2, -0.15) is 0 Å². The molecule has 0 spiro atoms. The number of urea groups is 1. The van der Waals surface area contributed by atoms with Crippen LogP contribution in [0.1, 0.15) is 22.4 Å². The van der Waals surface area contributed by atoms with E-state index in [4.69, 9.17) is 0 Å². The minimum Gasteiger partial charge on any atom is -0.303 e. The molecule has 3 amide bonds. The quantitative estimate of drug-likeness (QED) is 0.331. The molecular weight excluding hydrogens is 447 g/mol. The van der Waals surface area contributed by atoms with Gasteiger partial charge in [0.05, 0.1) is 17.8 Å². The number of halogens is 1. The molecule has 174 valence electrons. The van der Waals surface area contributed by atoms with Gasteiger partial charge in [-0.05, 0) is 41.5 Å². The number of amides is 3. The summed E-state index contributed by atoms with van der Waals surface area (Å²) in [5.41, 5.74) is 2.79. The molecule has 0 atom stereocenters. The van der Waals surface area contributed by atoms with Crippen LogP contribution in [-0.4, -0.2) is 26.6 Å². The first-order valence-electron chi connectivity index (χ1n) is 11.0. The first-order chi connectivity index (χ1) is 17.0. The molecule has 1 fully saturated rings. The van der Waals surface area contributed by atoms with E-state index in [9.17, 15) is 18.8 Å². The van der Waals surface area contributed by atoms with Gasteiger partial charge in [-0.15, -0.1) is 0 Å². The van der Waals surface area contributed by atoms with Crippen LogP contribution in [0.3, 0.4) is 0 Å². The van der Waals surface area contributed by atoms with E-state index < -0.39 is 17.8 Å². The van der Waals surface area contributed by atoms with Crippen molar-refractivity contribution in [3.05, 3.63) is 129 Å². The van der Waals surface area contributed by atoms with Crippen molar-refractivity contribution in [2.45, 2.75) is 13.0 Å². The summed E-state index contributed by atoms with van der Waals surface area (Å²) < 4.78 is 14.6. The number of rotatable bonds is 6. The summed E-state index contributed by atoms with van der Waals surface area (Å²) in [6.45, 7) is -0.0133. The van der Waals surface area contributed by atoms with Crippen molar-refractivity contribution in [3.8, 4) is 5.69 Å². The van der Waals surface area contributed by atoms with E-state index >= 15 is 0 Å². The van der Waals surface area contributed by atoms with Crippen LogP contribution in [0.4, 0.5) is 9.18 Å². The molecule has 4 aromatic rings. The van der Waals surface area contributed by atoms with Crippen LogP contribution in [0.25, 0.3) is 11.8 Å². The molecule has 1 aliphatic rings. The fourth-order valence-electron chi connectivity index (χ4n) is 3.97. The summed E-state index contributed by atoms with van der Waals surface area (Å²) >= 11 is 0. The summed E-state index contributed by atoms with van der Waals surface area (Å²) in [7, 11) is 0. The van der Waals surface area contributed by atoms with Crippen molar-refractivity contribution in [3.63, 3.8) is 0 Å². The van der Waals surface area contributed by atoms with Crippen LogP contribution >= 0.6 is 0 Å². The van der Waals surface area contributed by atoms with Crippen LogP contribution < -0.4 is 10.9 Å². The Morgan fingerprint density at radius 3 is 2.14 bits per heavy atom. The Kier molecular flexibility index (Phi) is 5.85. The summed E-state index contributed by atoms with van der Waals surface area (Å²) in [6.07, 6.45) is 1.85. The SMILES string of the molecule is O=C1N/C(=C\c2c(Cc3ccccc3)[nH]n(-c3ccccc3)c2=O)C(=O)N1Cc1ccc(F)cc1. The van der Waals surface area contributed by atoms with Gasteiger partial charge in [0.15, 0.2) is 0 Å². The van der Waals surface area contributed by atoms with Crippen molar-refractivity contribution in [1.82, 2.24) is 20.0 Å². The largest absolute Gasteiger partial charge is 0.329 e. The smallest absolute Gasteiger partial charge is 0.303 e. The van der Waals surface area contributed by atoms with Gasteiger partial charge in [0.25, 0.3) is 11.5 Å². The first-order valence-corrected chi connectivity index (χ1v) is 11.0. The first kappa shape index (κ1) is 22.1. The second kappa shape index (κ2) is 9.26. The zero-order valence-corrected chi connectivity index (χ0v) is 18.6. The van der Waals surface area contributed by atoms with Gasteiger partial charge in [0, 0.05) is 12.1 Å². The van der Waals surface area contributed by atoms with E-state index in [2.05, 4.69) is 10.4 Å². The Balaban J connectivity index is 1.51. The Labute approximate surface area is 200 Å². The predicted octanol–water partition coefficient (Wildman–Crippen LogP) is 3.99. The highest BCUT2D eigenvalue weighted by Gasteiger charge is 2.34. The van der Waals surface area contributed by atoms with Crippen LogP contribution in [0, 0.1) is 5.82 Å². The van der Waals surface area contributed by atoms with Gasteiger partial charge in [0.2, 0.25) is 0 Å². The lowest BCUT2D eigenvalue weighted by Gasteiger charge is -2.11. The lowest BCUT2D eigenvalue weighted by atomic mass is 10.1. The van der Waals surface area contributed by atoms with E-state index in [1.165, 1.54) is 35.0 Å². The zero-order valence-electron chi connectivity index (χ0n) is 18.6. The van der Waals surface area contributed by atoms with Gasteiger partial charge in [-0.3, -0.25) is 19.6 Å². The third-order valence-electron chi connectivity index (χ3n) is 5.75. The van der Waals surface area contributed by atoms with Gasteiger partial charge in [-0.1, -0.05) is 60.7 Å². The maximum atomic E-state index is 13.4. The van der Waals surface area contributed by atoms with E-state index in [1.54, 1.807) is 12.1 Å². The van der Waals surface area contributed by atoms with E-state index in [1.807, 2.05) is 48.5 Å². The molecule has 5 rings (SSSR count). The molecular formula is C27H21FN4O3. The minimum absolute atomic E-state index is 0.00253. The van der Waals surface area contributed by atoms with Crippen LogP contribution in [0.5, 0.6) is 0 Å². The highest BCUT2D eigenvalue weighted by molar-refractivity contribution is 6.13. The van der Waals surface area contributed by atoms with Gasteiger partial charge < -0.3 is 5.32 Å². The van der Waals surface area contributed by atoms with Gasteiger partial charge in [0.1, 0.15) is 11.5 Å². The molecule has 8 heteroatoms. The predicted molar refractivity (Wildman–Crippen MR) is 129 cm³/mol. The number of aromatic amines is 1. The monoisotopic (exact) mass is 468 g/mol. The summed E-state index contributed by atoms with van der Waals surface area (Å²) in [6, 6.07) is 23.7. The van der Waals surface area contributed by atoms with Gasteiger partial charge in [-0.25, -0.2) is 13.9 Å². The fraction of sp³-hybridized carbons (Fsp3) is 0.0741. The second-order valence-electron chi connectivity index (χ2n) is 8.15. The van der Waals surface area contributed by atoms with E-state index in [-0.39, 0.29) is 23.4 Å². The number of aromatic nitrogens is 2. The number of nitrogens with zero attached hydrogens (tertiary/aromatic N) is 2. The Morgan fingerprint density at radius 1 is 0.800 bits per heavy atom. The molecule has 3 aromatic carbocycles. The van der Waals surface area contributed by atoms with Crippen molar-refractivity contribution in [2.24, 2.45) is 0 Å². The standard InChI is InChI=1S/C27H21FN4O3/c28-20-13-11-19(12-14-20)17-31-26(34)24(29-27(31)35)16-22-23(15-18-7-3-1-4-8-18)30-32(25(22)33)21-9-5-2-6-10-21/h1-14,16,30H,15,17H2,(H,29,35)/b24-16-. The molecule has 0 aliphatic carbocycles. The molecule has 1 saturated heterocycles. The third kappa shape index (κ3) is 4.54. The number of imide groups is 1. The average Bonchev–Trinajstić information content (AvgIpc) is 3.32. The molecule has 1 aromatic heterocycles. The molecule has 2 N–H and O–H groups in total. The maximum Gasteiger partial charge on any atom is 0.329 e. The van der Waals surface area contributed by atoms with Crippen LogP contribution in [-0.2, 0) is 17.8 Å². The number of nitrogens with one attached hydrogen (secondary N) is 2. The number of carbonyl (C=O) groups is 2. The highest BCUT2D eigenvalue weighted by Crippen LogP contribution is 2.19. The normalized spacial score (nSPS) is 14.5. The van der Waals surface area contributed by atoms with Crippen molar-refractivity contribution >= 4 is 18.0 Å². The number of hydrogen-bond acceptors (Lipinski definition) is 3. The molecule has 0 unspecified atom stereocenters. The summed E-state index contributed by atoms with van der Waals surface area (Å²) in [4.78, 5) is 40.0. The maximum absolute atomic E-state index is 13.4. The van der Waals surface area contributed by atoms with Gasteiger partial charge >= 0.3 is 6.03 Å². The molecule has 0 saturated carbocycles. The molecule has 7 nitrogen and oxygen atoms in total. The minimum atomic E-state index is -0.603. The van der Waals surface area contributed by atoms with Crippen molar-refractivity contribution in [2.75, 3.05) is 0 Å². The number of para-hydroxylation sites is 1. The number of H-pyrrole nitrogens is 1. The fourth-order valence-corrected chi connectivity index (χ4v) is 3.97. The lowest BCUT2D eigenvalue weighted by Crippen LogP contribution is -2.30. The van der Waals surface area contributed by atoms with Crippen LogP contribution in [0.15, 0.2) is 95.4 Å². The Bertz CT molecular complexity index is 1470.